The predicted molar refractivity (Wildman–Crippen MR) is 51.1 cm³/mol. The predicted octanol–water partition coefficient (Wildman–Crippen LogP) is 2.76. The maximum absolute atomic E-state index is 5.63. The Morgan fingerprint density at radius 2 is 2.00 bits per heavy atom. The van der Waals surface area contributed by atoms with Crippen molar-refractivity contribution >= 4 is 0 Å². The molecule has 1 nitrogen and oxygen atoms in total. The monoisotopic (exact) mass is 151 g/mol. The summed E-state index contributed by atoms with van der Waals surface area (Å²) in [5.74, 6) is 0. The van der Waals surface area contributed by atoms with Crippen molar-refractivity contribution in [1.82, 2.24) is 0 Å². The molecule has 0 bridgehead atoms. The zero-order valence-corrected chi connectivity index (χ0v) is 7.65. The van der Waals surface area contributed by atoms with Crippen LogP contribution in [-0.2, 0) is 0 Å². The maximum Gasteiger partial charge on any atom is 0.00844 e. The highest BCUT2D eigenvalue weighted by molar-refractivity contribution is 5.26. The minimum atomic E-state index is 0.862. The summed E-state index contributed by atoms with van der Waals surface area (Å²) in [7, 11) is 0. The number of allylic oxidation sites excluding steroid dienone is 5. The Balaban J connectivity index is 4.35. The Hall–Kier alpha value is -0.980. The first kappa shape index (κ1) is 10.0. The summed E-state index contributed by atoms with van der Waals surface area (Å²) >= 11 is 0. The molecule has 0 amide bonds. The highest BCUT2D eigenvalue weighted by atomic mass is 14.6. The number of rotatable bonds is 3. The van der Waals surface area contributed by atoms with Crippen LogP contribution >= 0.6 is 0 Å². The summed E-state index contributed by atoms with van der Waals surface area (Å²) in [5, 5.41) is 0. The molecule has 0 aromatic carbocycles. The van der Waals surface area contributed by atoms with Crippen LogP contribution in [0.2, 0.25) is 0 Å². The fraction of sp³-hybridized carbons (Fsp3) is 0.400. The first-order valence-electron chi connectivity index (χ1n) is 3.81. The second kappa shape index (κ2) is 4.78. The normalized spacial score (nSPS) is 14.3. The van der Waals surface area contributed by atoms with Crippen molar-refractivity contribution in [2.75, 3.05) is 0 Å². The molecule has 0 aliphatic rings. The van der Waals surface area contributed by atoms with E-state index >= 15 is 0 Å². The quantitative estimate of drug-likeness (QED) is 0.487. The fourth-order valence-corrected chi connectivity index (χ4v) is 0.775. The molecule has 62 valence electrons. The van der Waals surface area contributed by atoms with Gasteiger partial charge < -0.3 is 5.73 Å². The summed E-state index contributed by atoms with van der Waals surface area (Å²) in [5.41, 5.74) is 8.94. The van der Waals surface area contributed by atoms with Crippen molar-refractivity contribution in [2.24, 2.45) is 5.73 Å². The third-order valence-corrected chi connectivity index (χ3v) is 1.71. The molecular weight excluding hydrogens is 134 g/mol. The summed E-state index contributed by atoms with van der Waals surface area (Å²) < 4.78 is 0. The number of nitrogens with two attached hydrogens (primary N) is 1. The Labute approximate surface area is 69.3 Å². The van der Waals surface area contributed by atoms with E-state index < -0.39 is 0 Å². The van der Waals surface area contributed by atoms with E-state index in [1.54, 1.807) is 0 Å². The van der Waals surface area contributed by atoms with Crippen LogP contribution < -0.4 is 5.73 Å². The molecule has 0 unspecified atom stereocenters. The van der Waals surface area contributed by atoms with Crippen molar-refractivity contribution in [3.8, 4) is 0 Å². The molecule has 0 aromatic heterocycles. The van der Waals surface area contributed by atoms with Crippen molar-refractivity contribution < 1.29 is 0 Å². The van der Waals surface area contributed by atoms with Crippen LogP contribution in [0, 0.1) is 0 Å². The van der Waals surface area contributed by atoms with E-state index in [-0.39, 0.29) is 0 Å². The average Bonchev–Trinajstić information content (AvgIpc) is 1.99. The molecule has 0 saturated carbocycles. The van der Waals surface area contributed by atoms with Crippen LogP contribution in [0.4, 0.5) is 0 Å². The molecule has 0 aliphatic carbocycles. The van der Waals surface area contributed by atoms with Gasteiger partial charge in [-0.25, -0.2) is 0 Å². The molecule has 0 heterocycles. The fourth-order valence-electron chi connectivity index (χ4n) is 0.775. The van der Waals surface area contributed by atoms with Gasteiger partial charge >= 0.3 is 0 Å². The lowest BCUT2D eigenvalue weighted by atomic mass is 10.1. The lowest BCUT2D eigenvalue weighted by Gasteiger charge is -2.03. The molecule has 0 aliphatic heterocycles. The van der Waals surface area contributed by atoms with Crippen molar-refractivity contribution in [1.29, 1.82) is 0 Å². The summed E-state index contributed by atoms with van der Waals surface area (Å²) in [6.45, 7) is 9.73. The number of hydrogen-bond acceptors (Lipinski definition) is 1. The first-order valence-corrected chi connectivity index (χ1v) is 3.81. The standard InChI is InChI=1S/C10H17N/c1-5-8(3)7-10(6-2)9(4)11/h5-6H,2,7,11H2,1,3-4H3/b8-5+,10-9+. The average molecular weight is 151 g/mol. The van der Waals surface area contributed by atoms with Gasteiger partial charge in [0.1, 0.15) is 0 Å². The van der Waals surface area contributed by atoms with E-state index in [9.17, 15) is 0 Å². The van der Waals surface area contributed by atoms with Gasteiger partial charge in [0.15, 0.2) is 0 Å². The molecule has 2 N–H and O–H groups in total. The van der Waals surface area contributed by atoms with Crippen LogP contribution in [0.1, 0.15) is 27.2 Å². The van der Waals surface area contributed by atoms with Gasteiger partial charge in [0, 0.05) is 5.70 Å². The van der Waals surface area contributed by atoms with E-state index in [0.29, 0.717) is 0 Å². The molecule has 11 heavy (non-hydrogen) atoms. The van der Waals surface area contributed by atoms with Gasteiger partial charge in [-0.15, -0.1) is 0 Å². The van der Waals surface area contributed by atoms with Crippen LogP contribution in [-0.4, -0.2) is 0 Å². The molecule has 0 radical (unpaired) electrons. The van der Waals surface area contributed by atoms with E-state index in [4.69, 9.17) is 5.73 Å². The van der Waals surface area contributed by atoms with E-state index in [1.807, 2.05) is 19.9 Å². The molecular formula is C10H17N. The zero-order chi connectivity index (χ0) is 8.85. The minimum absolute atomic E-state index is 0.862. The van der Waals surface area contributed by atoms with Gasteiger partial charge in [-0.05, 0) is 32.8 Å². The van der Waals surface area contributed by atoms with Crippen LogP contribution in [0.5, 0.6) is 0 Å². The van der Waals surface area contributed by atoms with E-state index in [0.717, 1.165) is 17.7 Å². The van der Waals surface area contributed by atoms with Crippen LogP contribution in [0.3, 0.4) is 0 Å². The van der Waals surface area contributed by atoms with Crippen LogP contribution in [0.15, 0.2) is 35.6 Å². The third kappa shape index (κ3) is 3.66. The second-order valence-electron chi connectivity index (χ2n) is 2.72. The molecule has 0 fully saturated rings. The Bertz CT molecular complexity index is 193. The Morgan fingerprint density at radius 3 is 2.27 bits per heavy atom. The highest BCUT2D eigenvalue weighted by Gasteiger charge is 1.95. The summed E-state index contributed by atoms with van der Waals surface area (Å²) in [6, 6.07) is 0. The highest BCUT2D eigenvalue weighted by Crippen LogP contribution is 2.12. The molecule has 0 atom stereocenters. The van der Waals surface area contributed by atoms with Crippen molar-refractivity contribution in [2.45, 2.75) is 27.2 Å². The topological polar surface area (TPSA) is 26.0 Å². The lowest BCUT2D eigenvalue weighted by Crippen LogP contribution is -1.96. The molecule has 1 heteroatoms. The van der Waals surface area contributed by atoms with Crippen molar-refractivity contribution in [3.05, 3.63) is 35.6 Å². The molecule has 0 rings (SSSR count). The van der Waals surface area contributed by atoms with Gasteiger partial charge in [-0.3, -0.25) is 0 Å². The minimum Gasteiger partial charge on any atom is -0.402 e. The zero-order valence-electron chi connectivity index (χ0n) is 7.65. The SMILES string of the molecule is C=C/C(C/C(C)=C/C)=C(/C)N. The number of hydrogen-bond donors (Lipinski definition) is 1. The first-order chi connectivity index (χ1) is 5.11. The summed E-state index contributed by atoms with van der Waals surface area (Å²) in [6.07, 6.45) is 4.83. The van der Waals surface area contributed by atoms with Gasteiger partial charge in [0.05, 0.1) is 0 Å². The van der Waals surface area contributed by atoms with E-state index in [2.05, 4.69) is 19.6 Å². The lowest BCUT2D eigenvalue weighted by molar-refractivity contribution is 1.09. The van der Waals surface area contributed by atoms with Gasteiger partial charge in [-0.2, -0.15) is 0 Å². The van der Waals surface area contributed by atoms with Crippen molar-refractivity contribution in [3.63, 3.8) is 0 Å². The Morgan fingerprint density at radius 1 is 1.45 bits per heavy atom. The smallest absolute Gasteiger partial charge is 0.00844 e. The maximum atomic E-state index is 5.63. The molecule has 0 aromatic rings. The Kier molecular flexibility index (Phi) is 4.35. The van der Waals surface area contributed by atoms with Crippen LogP contribution in [0.25, 0.3) is 0 Å². The van der Waals surface area contributed by atoms with Gasteiger partial charge in [0.25, 0.3) is 0 Å². The molecule has 0 spiro atoms. The second-order valence-corrected chi connectivity index (χ2v) is 2.72. The van der Waals surface area contributed by atoms with Gasteiger partial charge in [-0.1, -0.05) is 24.3 Å². The third-order valence-electron chi connectivity index (χ3n) is 1.71. The summed E-state index contributed by atoms with van der Waals surface area (Å²) in [4.78, 5) is 0. The molecule has 0 saturated heterocycles. The van der Waals surface area contributed by atoms with Gasteiger partial charge in [0.2, 0.25) is 0 Å². The van der Waals surface area contributed by atoms with E-state index in [1.165, 1.54) is 5.57 Å². The largest absolute Gasteiger partial charge is 0.402 e.